The number of anilines is 3. The van der Waals surface area contributed by atoms with Gasteiger partial charge in [0.1, 0.15) is 0 Å². The molecule has 0 unspecified atom stereocenters. The standard InChI is InChI=1S/C25H17N3/c1-2-5-19-15(4-1)11-21-20(19)8-7-16-10-17-13-26-14-18-12-22-23(6-3-9-27-22)28(24(17)18)25(16)21/h1-9,13-14H,10-12H2. The SMILES string of the molecule is c1ccc2c(c1)Cc1c-2ccc2c1N1c3cccnc3Cc3cncc(c31)C2. The smallest absolute Gasteiger partial charge is 0.0688 e. The highest BCUT2D eigenvalue weighted by atomic mass is 15.2. The molecule has 0 amide bonds. The second-order valence-corrected chi connectivity index (χ2v) is 7.90. The van der Waals surface area contributed by atoms with Gasteiger partial charge in [-0.15, -0.1) is 0 Å². The van der Waals surface area contributed by atoms with E-state index in [2.05, 4.69) is 58.4 Å². The first-order chi connectivity index (χ1) is 13.9. The summed E-state index contributed by atoms with van der Waals surface area (Å²) < 4.78 is 0. The highest BCUT2D eigenvalue weighted by Gasteiger charge is 2.35. The van der Waals surface area contributed by atoms with Crippen molar-refractivity contribution in [2.75, 3.05) is 4.90 Å². The van der Waals surface area contributed by atoms with E-state index in [1.807, 2.05) is 18.6 Å². The van der Waals surface area contributed by atoms with Gasteiger partial charge in [0.25, 0.3) is 0 Å². The van der Waals surface area contributed by atoms with Crippen LogP contribution < -0.4 is 4.90 Å². The Kier molecular flexibility index (Phi) is 2.64. The van der Waals surface area contributed by atoms with E-state index in [1.165, 1.54) is 56.0 Å². The highest BCUT2D eigenvalue weighted by molar-refractivity contribution is 5.94. The van der Waals surface area contributed by atoms with Crippen LogP contribution >= 0.6 is 0 Å². The Hall–Kier alpha value is -3.46. The summed E-state index contributed by atoms with van der Waals surface area (Å²) in [5, 5.41) is 0. The Morgan fingerprint density at radius 3 is 2.54 bits per heavy atom. The summed E-state index contributed by atoms with van der Waals surface area (Å²) in [6, 6.07) is 17.7. The van der Waals surface area contributed by atoms with Gasteiger partial charge in [-0.25, -0.2) is 0 Å². The molecule has 2 aliphatic heterocycles. The van der Waals surface area contributed by atoms with Crippen LogP contribution in [-0.4, -0.2) is 9.97 Å². The van der Waals surface area contributed by atoms with Crippen molar-refractivity contribution in [3.63, 3.8) is 0 Å². The molecule has 4 aromatic rings. The van der Waals surface area contributed by atoms with E-state index in [1.54, 1.807) is 0 Å². The van der Waals surface area contributed by atoms with Crippen LogP contribution in [-0.2, 0) is 19.3 Å². The van der Waals surface area contributed by atoms with Gasteiger partial charge in [0, 0.05) is 43.4 Å². The molecule has 2 aromatic heterocycles. The van der Waals surface area contributed by atoms with Crippen molar-refractivity contribution in [1.29, 1.82) is 0 Å². The van der Waals surface area contributed by atoms with Gasteiger partial charge in [-0.2, -0.15) is 0 Å². The molecular formula is C25H17N3. The summed E-state index contributed by atoms with van der Waals surface area (Å²) in [6.45, 7) is 0. The molecule has 3 aliphatic rings. The topological polar surface area (TPSA) is 29.0 Å². The first-order valence-corrected chi connectivity index (χ1v) is 9.81. The number of aromatic nitrogens is 2. The zero-order valence-corrected chi connectivity index (χ0v) is 15.3. The number of fused-ring (bicyclic) bond motifs is 8. The van der Waals surface area contributed by atoms with Crippen LogP contribution in [0.5, 0.6) is 0 Å². The summed E-state index contributed by atoms with van der Waals surface area (Å²) >= 11 is 0. The van der Waals surface area contributed by atoms with Crippen molar-refractivity contribution in [1.82, 2.24) is 9.97 Å². The largest absolute Gasteiger partial charge is 0.307 e. The van der Waals surface area contributed by atoms with Crippen molar-refractivity contribution in [3.8, 4) is 11.1 Å². The van der Waals surface area contributed by atoms with Crippen LogP contribution in [0, 0.1) is 0 Å². The molecule has 0 radical (unpaired) electrons. The lowest BCUT2D eigenvalue weighted by Crippen LogP contribution is -2.26. The quantitative estimate of drug-likeness (QED) is 0.367. The Morgan fingerprint density at radius 2 is 1.57 bits per heavy atom. The lowest BCUT2D eigenvalue weighted by molar-refractivity contribution is 0.946. The molecule has 1 aliphatic carbocycles. The minimum atomic E-state index is 0.855. The molecule has 0 N–H and O–H groups in total. The van der Waals surface area contributed by atoms with Gasteiger partial charge in [0.2, 0.25) is 0 Å². The summed E-state index contributed by atoms with van der Waals surface area (Å²) in [5.41, 5.74) is 14.7. The molecule has 0 saturated heterocycles. The van der Waals surface area contributed by atoms with E-state index in [0.717, 1.165) is 25.0 Å². The lowest BCUT2D eigenvalue weighted by atomic mass is 9.87. The molecule has 28 heavy (non-hydrogen) atoms. The van der Waals surface area contributed by atoms with Gasteiger partial charge in [-0.1, -0.05) is 36.4 Å². The third-order valence-corrected chi connectivity index (χ3v) is 6.40. The fourth-order valence-electron chi connectivity index (χ4n) is 5.26. The molecule has 3 heteroatoms. The number of nitrogens with zero attached hydrogens (tertiary/aromatic N) is 3. The summed E-state index contributed by atoms with van der Waals surface area (Å²) in [4.78, 5) is 11.7. The lowest BCUT2D eigenvalue weighted by Gasteiger charge is -2.39. The van der Waals surface area contributed by atoms with E-state index in [9.17, 15) is 0 Å². The zero-order valence-electron chi connectivity index (χ0n) is 15.3. The molecule has 4 heterocycles. The first kappa shape index (κ1) is 14.6. The van der Waals surface area contributed by atoms with Gasteiger partial charge < -0.3 is 4.90 Å². The van der Waals surface area contributed by atoms with E-state index in [-0.39, 0.29) is 0 Å². The monoisotopic (exact) mass is 359 g/mol. The summed E-state index contributed by atoms with van der Waals surface area (Å²) in [5.74, 6) is 0. The molecule has 3 nitrogen and oxygen atoms in total. The minimum Gasteiger partial charge on any atom is -0.307 e. The fourth-order valence-corrected chi connectivity index (χ4v) is 5.26. The Balaban J connectivity index is 1.56. The number of hydrogen-bond acceptors (Lipinski definition) is 3. The molecule has 2 aromatic carbocycles. The molecule has 132 valence electrons. The molecule has 0 saturated carbocycles. The van der Waals surface area contributed by atoms with Crippen LogP contribution in [0.25, 0.3) is 11.1 Å². The highest BCUT2D eigenvalue weighted by Crippen LogP contribution is 2.54. The van der Waals surface area contributed by atoms with E-state index < -0.39 is 0 Å². The normalized spacial score (nSPS) is 14.6. The second kappa shape index (κ2) is 5.08. The average molecular weight is 359 g/mol. The van der Waals surface area contributed by atoms with Crippen molar-refractivity contribution >= 4 is 17.1 Å². The van der Waals surface area contributed by atoms with Crippen LogP contribution in [0.1, 0.15) is 33.5 Å². The predicted molar refractivity (Wildman–Crippen MR) is 111 cm³/mol. The maximum Gasteiger partial charge on any atom is 0.0688 e. The zero-order chi connectivity index (χ0) is 18.2. The van der Waals surface area contributed by atoms with Gasteiger partial charge in [-0.05, 0) is 45.5 Å². The van der Waals surface area contributed by atoms with Crippen molar-refractivity contribution < 1.29 is 0 Å². The second-order valence-electron chi connectivity index (χ2n) is 7.90. The third-order valence-electron chi connectivity index (χ3n) is 6.40. The molecule has 7 rings (SSSR count). The van der Waals surface area contributed by atoms with Crippen LogP contribution in [0.4, 0.5) is 17.1 Å². The predicted octanol–water partition coefficient (Wildman–Crippen LogP) is 5.33. The number of pyridine rings is 2. The van der Waals surface area contributed by atoms with Crippen molar-refractivity contribution in [2.45, 2.75) is 19.3 Å². The van der Waals surface area contributed by atoms with E-state index in [4.69, 9.17) is 4.98 Å². The van der Waals surface area contributed by atoms with Gasteiger partial charge in [0.05, 0.1) is 22.8 Å². The number of rotatable bonds is 0. The van der Waals surface area contributed by atoms with E-state index in [0.29, 0.717) is 0 Å². The first-order valence-electron chi connectivity index (χ1n) is 9.81. The van der Waals surface area contributed by atoms with Gasteiger partial charge in [-0.3, -0.25) is 9.97 Å². The van der Waals surface area contributed by atoms with Crippen molar-refractivity contribution in [3.05, 3.63) is 101 Å². The molecule has 0 bridgehead atoms. The maximum absolute atomic E-state index is 4.71. The van der Waals surface area contributed by atoms with Crippen LogP contribution in [0.15, 0.2) is 67.1 Å². The summed E-state index contributed by atoms with van der Waals surface area (Å²) in [7, 11) is 0. The van der Waals surface area contributed by atoms with Crippen LogP contribution in [0.3, 0.4) is 0 Å². The molecular weight excluding hydrogens is 342 g/mol. The number of benzene rings is 2. The molecule has 0 atom stereocenters. The Bertz CT molecular complexity index is 1290. The third kappa shape index (κ3) is 1.74. The van der Waals surface area contributed by atoms with Gasteiger partial charge >= 0.3 is 0 Å². The van der Waals surface area contributed by atoms with Crippen LogP contribution in [0.2, 0.25) is 0 Å². The molecule has 0 spiro atoms. The van der Waals surface area contributed by atoms with E-state index >= 15 is 0 Å². The Labute approximate surface area is 163 Å². The van der Waals surface area contributed by atoms with Gasteiger partial charge in [0.15, 0.2) is 0 Å². The van der Waals surface area contributed by atoms with Crippen molar-refractivity contribution in [2.24, 2.45) is 0 Å². The minimum absolute atomic E-state index is 0.855. The Morgan fingerprint density at radius 1 is 0.679 bits per heavy atom. The number of hydrogen-bond donors (Lipinski definition) is 0. The average Bonchev–Trinajstić information content (AvgIpc) is 3.12. The summed E-state index contributed by atoms with van der Waals surface area (Å²) in [6.07, 6.45) is 8.76. The fraction of sp³-hybridized carbons (Fsp3) is 0.120. The maximum atomic E-state index is 4.71. The molecule has 0 fully saturated rings.